The van der Waals surface area contributed by atoms with Crippen LogP contribution in [0, 0.1) is 13.8 Å². The SMILES string of the molecule is COc1ccc(-c2cc(CN)nn2-c2ccc(C)cc2C)cc1. The van der Waals surface area contributed by atoms with Crippen molar-refractivity contribution >= 4 is 0 Å². The summed E-state index contributed by atoms with van der Waals surface area (Å²) in [5.41, 5.74) is 12.3. The summed E-state index contributed by atoms with van der Waals surface area (Å²) in [7, 11) is 1.67. The van der Waals surface area contributed by atoms with Crippen LogP contribution in [0.15, 0.2) is 48.5 Å². The zero-order valence-corrected chi connectivity index (χ0v) is 13.7. The number of hydrogen-bond donors (Lipinski definition) is 1. The van der Waals surface area contributed by atoms with Gasteiger partial charge in [0.2, 0.25) is 0 Å². The molecular formula is C19H21N3O. The van der Waals surface area contributed by atoms with Crippen molar-refractivity contribution in [2.24, 2.45) is 5.73 Å². The molecule has 2 N–H and O–H groups in total. The smallest absolute Gasteiger partial charge is 0.118 e. The van der Waals surface area contributed by atoms with Gasteiger partial charge in [-0.15, -0.1) is 0 Å². The topological polar surface area (TPSA) is 53.1 Å². The number of methoxy groups -OCH3 is 1. The third-order valence-electron chi connectivity index (χ3n) is 3.94. The van der Waals surface area contributed by atoms with Crippen LogP contribution in [0.1, 0.15) is 16.8 Å². The summed E-state index contributed by atoms with van der Waals surface area (Å²) < 4.78 is 7.21. The van der Waals surface area contributed by atoms with E-state index in [-0.39, 0.29) is 0 Å². The molecule has 0 unspecified atom stereocenters. The molecule has 0 radical (unpaired) electrons. The maximum Gasteiger partial charge on any atom is 0.118 e. The standard InChI is InChI=1S/C19H21N3O/c1-13-4-9-18(14(2)10-13)22-19(11-16(12-20)21-22)15-5-7-17(23-3)8-6-15/h4-11H,12,20H2,1-3H3. The van der Waals surface area contributed by atoms with Gasteiger partial charge in [0.25, 0.3) is 0 Å². The fraction of sp³-hybridized carbons (Fsp3) is 0.211. The molecular weight excluding hydrogens is 286 g/mol. The minimum Gasteiger partial charge on any atom is -0.497 e. The van der Waals surface area contributed by atoms with Crippen molar-refractivity contribution in [3.05, 3.63) is 65.4 Å². The van der Waals surface area contributed by atoms with E-state index in [0.29, 0.717) is 6.54 Å². The lowest BCUT2D eigenvalue weighted by Gasteiger charge is -2.11. The second kappa shape index (κ2) is 6.26. The lowest BCUT2D eigenvalue weighted by molar-refractivity contribution is 0.415. The van der Waals surface area contributed by atoms with Gasteiger partial charge in [0, 0.05) is 12.1 Å². The largest absolute Gasteiger partial charge is 0.497 e. The highest BCUT2D eigenvalue weighted by atomic mass is 16.5. The maximum absolute atomic E-state index is 5.80. The molecule has 0 spiro atoms. The molecule has 4 heteroatoms. The zero-order chi connectivity index (χ0) is 16.4. The first-order valence-corrected chi connectivity index (χ1v) is 7.63. The van der Waals surface area contributed by atoms with Crippen LogP contribution in [0.3, 0.4) is 0 Å². The molecule has 0 amide bonds. The first-order valence-electron chi connectivity index (χ1n) is 7.63. The van der Waals surface area contributed by atoms with Crippen molar-refractivity contribution in [2.45, 2.75) is 20.4 Å². The zero-order valence-electron chi connectivity index (χ0n) is 13.7. The van der Waals surface area contributed by atoms with Gasteiger partial charge >= 0.3 is 0 Å². The van der Waals surface area contributed by atoms with Gasteiger partial charge in [-0.3, -0.25) is 0 Å². The van der Waals surface area contributed by atoms with Crippen LogP contribution in [-0.2, 0) is 6.54 Å². The number of aryl methyl sites for hydroxylation is 2. The lowest BCUT2D eigenvalue weighted by Crippen LogP contribution is -2.03. The average molecular weight is 307 g/mol. The Balaban J connectivity index is 2.14. The molecule has 4 nitrogen and oxygen atoms in total. The first kappa shape index (κ1) is 15.3. The minimum atomic E-state index is 0.418. The maximum atomic E-state index is 5.80. The normalized spacial score (nSPS) is 10.8. The fourth-order valence-corrected chi connectivity index (χ4v) is 2.72. The van der Waals surface area contributed by atoms with E-state index in [2.05, 4.69) is 37.1 Å². The highest BCUT2D eigenvalue weighted by Crippen LogP contribution is 2.27. The molecule has 0 aliphatic rings. The van der Waals surface area contributed by atoms with E-state index in [4.69, 9.17) is 10.5 Å². The molecule has 0 saturated heterocycles. The average Bonchev–Trinajstić information content (AvgIpc) is 2.99. The van der Waals surface area contributed by atoms with Crippen LogP contribution in [0.25, 0.3) is 16.9 Å². The molecule has 0 atom stereocenters. The summed E-state index contributed by atoms with van der Waals surface area (Å²) >= 11 is 0. The van der Waals surface area contributed by atoms with Crippen LogP contribution in [0.2, 0.25) is 0 Å². The third-order valence-corrected chi connectivity index (χ3v) is 3.94. The summed E-state index contributed by atoms with van der Waals surface area (Å²) in [6, 6.07) is 16.4. The third kappa shape index (κ3) is 2.98. The van der Waals surface area contributed by atoms with Crippen molar-refractivity contribution < 1.29 is 4.74 Å². The number of nitrogens with two attached hydrogens (primary N) is 1. The van der Waals surface area contributed by atoms with Crippen LogP contribution in [0.4, 0.5) is 0 Å². The van der Waals surface area contributed by atoms with Crippen LogP contribution >= 0.6 is 0 Å². The Morgan fingerprint density at radius 3 is 2.39 bits per heavy atom. The predicted molar refractivity (Wildman–Crippen MR) is 92.9 cm³/mol. The van der Waals surface area contributed by atoms with Crippen LogP contribution in [0.5, 0.6) is 5.75 Å². The van der Waals surface area contributed by atoms with Gasteiger partial charge in [-0.05, 0) is 55.8 Å². The molecule has 2 aromatic carbocycles. The molecule has 23 heavy (non-hydrogen) atoms. The first-order chi connectivity index (χ1) is 11.1. The summed E-state index contributed by atoms with van der Waals surface area (Å²) in [5, 5.41) is 4.67. The Kier molecular flexibility index (Phi) is 4.17. The Hall–Kier alpha value is -2.59. The number of nitrogens with zero attached hydrogens (tertiary/aromatic N) is 2. The van der Waals surface area contributed by atoms with E-state index >= 15 is 0 Å². The van der Waals surface area contributed by atoms with E-state index < -0.39 is 0 Å². The van der Waals surface area contributed by atoms with Crippen molar-refractivity contribution in [1.82, 2.24) is 9.78 Å². The van der Waals surface area contributed by atoms with Gasteiger partial charge in [-0.2, -0.15) is 5.10 Å². The van der Waals surface area contributed by atoms with Gasteiger partial charge < -0.3 is 10.5 Å². The molecule has 3 rings (SSSR count). The molecule has 0 saturated carbocycles. The minimum absolute atomic E-state index is 0.418. The lowest BCUT2D eigenvalue weighted by atomic mass is 10.1. The molecule has 0 aliphatic carbocycles. The molecule has 0 fully saturated rings. The van der Waals surface area contributed by atoms with Gasteiger partial charge in [-0.25, -0.2) is 4.68 Å². The number of hydrogen-bond acceptors (Lipinski definition) is 3. The van der Waals surface area contributed by atoms with E-state index in [1.807, 2.05) is 35.0 Å². The molecule has 3 aromatic rings. The van der Waals surface area contributed by atoms with Crippen molar-refractivity contribution in [3.8, 4) is 22.7 Å². The molecule has 118 valence electrons. The van der Waals surface area contributed by atoms with Crippen LogP contribution < -0.4 is 10.5 Å². The Bertz CT molecular complexity index is 819. The van der Waals surface area contributed by atoms with Gasteiger partial charge in [0.1, 0.15) is 5.75 Å². The van der Waals surface area contributed by atoms with E-state index in [0.717, 1.165) is 28.4 Å². The highest BCUT2D eigenvalue weighted by molar-refractivity contribution is 5.64. The monoisotopic (exact) mass is 307 g/mol. The second-order valence-corrected chi connectivity index (χ2v) is 5.66. The number of benzene rings is 2. The van der Waals surface area contributed by atoms with Crippen molar-refractivity contribution in [2.75, 3.05) is 7.11 Å². The van der Waals surface area contributed by atoms with Gasteiger partial charge in [0.15, 0.2) is 0 Å². The molecule has 0 aliphatic heterocycles. The summed E-state index contributed by atoms with van der Waals surface area (Å²) in [4.78, 5) is 0. The highest BCUT2D eigenvalue weighted by Gasteiger charge is 2.13. The van der Waals surface area contributed by atoms with E-state index in [9.17, 15) is 0 Å². The Labute approximate surface area is 136 Å². The number of aromatic nitrogens is 2. The van der Waals surface area contributed by atoms with E-state index in [1.165, 1.54) is 11.1 Å². The van der Waals surface area contributed by atoms with Crippen LogP contribution in [-0.4, -0.2) is 16.9 Å². The predicted octanol–water partition coefficient (Wildman–Crippen LogP) is 3.62. The Morgan fingerprint density at radius 1 is 1.04 bits per heavy atom. The fourth-order valence-electron chi connectivity index (χ4n) is 2.72. The summed E-state index contributed by atoms with van der Waals surface area (Å²) in [6.07, 6.45) is 0. The molecule has 1 aromatic heterocycles. The van der Waals surface area contributed by atoms with Gasteiger partial charge in [-0.1, -0.05) is 17.7 Å². The Morgan fingerprint density at radius 2 is 1.78 bits per heavy atom. The summed E-state index contributed by atoms with van der Waals surface area (Å²) in [5.74, 6) is 0.838. The van der Waals surface area contributed by atoms with E-state index in [1.54, 1.807) is 7.11 Å². The molecule has 0 bridgehead atoms. The molecule has 1 heterocycles. The summed E-state index contributed by atoms with van der Waals surface area (Å²) in [6.45, 7) is 4.61. The van der Waals surface area contributed by atoms with Crippen molar-refractivity contribution in [1.29, 1.82) is 0 Å². The number of rotatable bonds is 4. The number of ether oxygens (including phenoxy) is 1. The van der Waals surface area contributed by atoms with Gasteiger partial charge in [0.05, 0.1) is 24.2 Å². The van der Waals surface area contributed by atoms with Crippen molar-refractivity contribution in [3.63, 3.8) is 0 Å². The quantitative estimate of drug-likeness (QED) is 0.801. The second-order valence-electron chi connectivity index (χ2n) is 5.66.